The number of nitrogens with zero attached hydrogens (tertiary/aromatic N) is 2. The number of piperidine rings is 2. The SMILES string of the molecule is O=C(O)CON1C(=O)N2CC1CC[C@H]2C(=O)NNC(=O)C1CCCNC1. The summed E-state index contributed by atoms with van der Waals surface area (Å²) in [7, 11) is 0. The van der Waals surface area contributed by atoms with Crippen molar-refractivity contribution in [3.05, 3.63) is 0 Å². The van der Waals surface area contributed by atoms with Gasteiger partial charge in [-0.3, -0.25) is 25.3 Å². The van der Waals surface area contributed by atoms with E-state index in [4.69, 9.17) is 9.94 Å². The molecule has 3 rings (SSSR count). The highest BCUT2D eigenvalue weighted by Crippen LogP contribution is 2.30. The Morgan fingerprint density at radius 3 is 2.65 bits per heavy atom. The molecule has 26 heavy (non-hydrogen) atoms. The maximum atomic E-state index is 12.4. The van der Waals surface area contributed by atoms with Gasteiger partial charge in [-0.1, -0.05) is 0 Å². The summed E-state index contributed by atoms with van der Waals surface area (Å²) in [5.41, 5.74) is 4.84. The number of amides is 4. The van der Waals surface area contributed by atoms with Crippen molar-refractivity contribution in [3.8, 4) is 0 Å². The van der Waals surface area contributed by atoms with Gasteiger partial charge in [0.2, 0.25) is 5.91 Å². The standard InChI is InChI=1S/C15H23N5O6/c21-12(22)8-26-20-10-3-4-11(19(7-10)15(20)25)14(24)18-17-13(23)9-2-1-5-16-6-9/h9-11,16H,1-8H2,(H,17,23)(H,18,24)(H,21,22)/t9?,10?,11-/m0/s1. The van der Waals surface area contributed by atoms with Crippen molar-refractivity contribution < 1.29 is 29.1 Å². The fourth-order valence-electron chi connectivity index (χ4n) is 3.58. The van der Waals surface area contributed by atoms with Crippen molar-refractivity contribution in [2.75, 3.05) is 26.2 Å². The van der Waals surface area contributed by atoms with Gasteiger partial charge in [0.1, 0.15) is 6.04 Å². The third-order valence-electron chi connectivity index (χ3n) is 4.93. The van der Waals surface area contributed by atoms with Gasteiger partial charge in [-0.2, -0.15) is 5.06 Å². The van der Waals surface area contributed by atoms with Crippen LogP contribution in [0.5, 0.6) is 0 Å². The maximum Gasteiger partial charge on any atom is 0.345 e. The molecule has 3 aliphatic rings. The zero-order chi connectivity index (χ0) is 18.7. The summed E-state index contributed by atoms with van der Waals surface area (Å²) in [6.07, 6.45) is 2.60. The molecule has 0 aromatic rings. The zero-order valence-electron chi connectivity index (χ0n) is 14.3. The van der Waals surface area contributed by atoms with Crippen LogP contribution in [-0.2, 0) is 19.2 Å². The summed E-state index contributed by atoms with van der Waals surface area (Å²) >= 11 is 0. The molecule has 3 atom stereocenters. The molecule has 3 saturated heterocycles. The minimum absolute atomic E-state index is 0.187. The summed E-state index contributed by atoms with van der Waals surface area (Å²) in [5.74, 6) is -2.08. The summed E-state index contributed by atoms with van der Waals surface area (Å²) in [6, 6.07) is -1.52. The summed E-state index contributed by atoms with van der Waals surface area (Å²) in [6.45, 7) is 1.14. The second kappa shape index (κ2) is 7.87. The molecule has 4 N–H and O–H groups in total. The number of hydrogen-bond donors (Lipinski definition) is 4. The molecule has 2 unspecified atom stereocenters. The van der Waals surface area contributed by atoms with Crippen molar-refractivity contribution in [2.45, 2.75) is 37.8 Å². The van der Waals surface area contributed by atoms with E-state index in [1.807, 2.05) is 0 Å². The van der Waals surface area contributed by atoms with E-state index >= 15 is 0 Å². The Labute approximate surface area is 149 Å². The van der Waals surface area contributed by atoms with Gasteiger partial charge in [0, 0.05) is 13.1 Å². The van der Waals surface area contributed by atoms with Crippen LogP contribution in [0.15, 0.2) is 0 Å². The van der Waals surface area contributed by atoms with Crippen LogP contribution in [0.25, 0.3) is 0 Å². The molecule has 11 nitrogen and oxygen atoms in total. The van der Waals surface area contributed by atoms with Crippen molar-refractivity contribution in [2.24, 2.45) is 5.92 Å². The number of carboxylic acid groups (broad SMARTS) is 1. The van der Waals surface area contributed by atoms with E-state index in [0.717, 1.165) is 24.4 Å². The quantitative estimate of drug-likeness (QED) is 0.429. The Morgan fingerprint density at radius 2 is 1.96 bits per heavy atom. The Balaban J connectivity index is 1.51. The lowest BCUT2D eigenvalue weighted by atomic mass is 9.99. The van der Waals surface area contributed by atoms with Crippen LogP contribution in [0.1, 0.15) is 25.7 Å². The summed E-state index contributed by atoms with van der Waals surface area (Å²) < 4.78 is 0. The second-order valence-electron chi connectivity index (χ2n) is 6.70. The molecule has 2 bridgehead atoms. The van der Waals surface area contributed by atoms with Gasteiger partial charge in [-0.25, -0.2) is 9.59 Å². The molecular weight excluding hydrogens is 346 g/mol. The first kappa shape index (κ1) is 18.4. The average Bonchev–Trinajstić information content (AvgIpc) is 2.88. The number of carboxylic acids is 1. The predicted octanol–water partition coefficient (Wildman–Crippen LogP) is -1.58. The van der Waals surface area contributed by atoms with Crippen LogP contribution in [0.4, 0.5) is 4.79 Å². The molecule has 0 aliphatic carbocycles. The minimum Gasteiger partial charge on any atom is -0.479 e. The first-order chi connectivity index (χ1) is 12.5. The average molecular weight is 369 g/mol. The number of hydrazine groups is 1. The number of hydroxylamine groups is 2. The number of fused-ring (bicyclic) bond motifs is 2. The number of nitrogens with one attached hydrogen (secondary N) is 3. The largest absolute Gasteiger partial charge is 0.479 e. The number of rotatable bonds is 5. The van der Waals surface area contributed by atoms with Gasteiger partial charge in [0.15, 0.2) is 6.61 Å². The fourth-order valence-corrected chi connectivity index (χ4v) is 3.58. The molecule has 0 aromatic heterocycles. The first-order valence-electron chi connectivity index (χ1n) is 8.72. The molecule has 144 valence electrons. The summed E-state index contributed by atoms with van der Waals surface area (Å²) in [4.78, 5) is 53.8. The smallest absolute Gasteiger partial charge is 0.345 e. The topological polar surface area (TPSA) is 140 Å². The summed E-state index contributed by atoms with van der Waals surface area (Å²) in [5, 5.41) is 12.9. The van der Waals surface area contributed by atoms with Crippen LogP contribution < -0.4 is 16.2 Å². The molecule has 4 amide bonds. The molecule has 0 aromatic carbocycles. The van der Waals surface area contributed by atoms with Crippen molar-refractivity contribution in [1.29, 1.82) is 0 Å². The lowest BCUT2D eigenvalue weighted by molar-refractivity contribution is -0.167. The van der Waals surface area contributed by atoms with E-state index < -0.39 is 30.6 Å². The monoisotopic (exact) mass is 369 g/mol. The van der Waals surface area contributed by atoms with Crippen molar-refractivity contribution in [1.82, 2.24) is 26.1 Å². The normalized spacial score (nSPS) is 28.0. The molecule has 3 heterocycles. The third kappa shape index (κ3) is 3.88. The van der Waals surface area contributed by atoms with Gasteiger partial charge < -0.3 is 15.3 Å². The van der Waals surface area contributed by atoms with Crippen molar-refractivity contribution >= 4 is 23.8 Å². The number of urea groups is 1. The van der Waals surface area contributed by atoms with Gasteiger partial charge in [-0.05, 0) is 32.2 Å². The lowest BCUT2D eigenvalue weighted by Gasteiger charge is -2.29. The second-order valence-corrected chi connectivity index (χ2v) is 6.70. The Bertz CT molecular complexity index is 593. The Morgan fingerprint density at radius 1 is 1.19 bits per heavy atom. The number of hydrogen-bond acceptors (Lipinski definition) is 6. The maximum absolute atomic E-state index is 12.4. The van der Waals surface area contributed by atoms with Crippen LogP contribution in [0.3, 0.4) is 0 Å². The molecule has 3 fully saturated rings. The van der Waals surface area contributed by atoms with Gasteiger partial charge in [0.25, 0.3) is 5.91 Å². The van der Waals surface area contributed by atoms with Crippen molar-refractivity contribution in [3.63, 3.8) is 0 Å². The van der Waals surface area contributed by atoms with E-state index in [2.05, 4.69) is 16.2 Å². The third-order valence-corrected chi connectivity index (χ3v) is 4.93. The molecular formula is C15H23N5O6. The first-order valence-corrected chi connectivity index (χ1v) is 8.72. The molecule has 0 spiro atoms. The lowest BCUT2D eigenvalue weighted by Crippen LogP contribution is -2.55. The molecule has 0 saturated carbocycles. The van der Waals surface area contributed by atoms with Gasteiger partial charge >= 0.3 is 12.0 Å². The molecule has 0 radical (unpaired) electrons. The van der Waals surface area contributed by atoms with Gasteiger partial charge in [-0.15, -0.1) is 0 Å². The fraction of sp³-hybridized carbons (Fsp3) is 0.733. The van der Waals surface area contributed by atoms with E-state index in [1.54, 1.807) is 0 Å². The predicted molar refractivity (Wildman–Crippen MR) is 86.2 cm³/mol. The van der Waals surface area contributed by atoms with Gasteiger partial charge in [0.05, 0.1) is 12.0 Å². The highest BCUT2D eigenvalue weighted by Gasteiger charge is 2.48. The van der Waals surface area contributed by atoms with E-state index in [-0.39, 0.29) is 24.4 Å². The number of carbonyl (C=O) groups excluding carboxylic acids is 3. The van der Waals surface area contributed by atoms with Crippen LogP contribution in [-0.4, -0.2) is 77.2 Å². The van der Waals surface area contributed by atoms with Crippen LogP contribution in [0, 0.1) is 5.92 Å². The Hall–Kier alpha value is -2.40. The number of aliphatic carboxylic acids is 1. The highest BCUT2D eigenvalue weighted by molar-refractivity contribution is 5.90. The molecule has 11 heteroatoms. The minimum atomic E-state index is -1.18. The van der Waals surface area contributed by atoms with E-state index in [0.29, 0.717) is 19.4 Å². The highest BCUT2D eigenvalue weighted by atomic mass is 16.7. The Kier molecular flexibility index (Phi) is 5.57. The van der Waals surface area contributed by atoms with Crippen LogP contribution in [0.2, 0.25) is 0 Å². The number of carbonyl (C=O) groups is 4. The molecule has 3 aliphatic heterocycles. The van der Waals surface area contributed by atoms with E-state index in [1.165, 1.54) is 4.90 Å². The van der Waals surface area contributed by atoms with Crippen LogP contribution >= 0.6 is 0 Å². The zero-order valence-corrected chi connectivity index (χ0v) is 14.3. The van der Waals surface area contributed by atoms with E-state index in [9.17, 15) is 19.2 Å².